The number of hydrogen-bond acceptors (Lipinski definition) is 7. The molecule has 1 unspecified atom stereocenters. The lowest BCUT2D eigenvalue weighted by Gasteiger charge is -2.23. The molecular weight excluding hydrogens is 530 g/mol. The van der Waals surface area contributed by atoms with Gasteiger partial charge in [-0.3, -0.25) is 24.1 Å². The molecule has 0 saturated heterocycles. The zero-order chi connectivity index (χ0) is 30.4. The van der Waals surface area contributed by atoms with E-state index in [9.17, 15) is 39.1 Å². The third-order valence-electron chi connectivity index (χ3n) is 6.46. The van der Waals surface area contributed by atoms with Crippen molar-refractivity contribution in [1.82, 2.24) is 9.80 Å². The maximum atomic E-state index is 13.2. The molecule has 208 valence electrons. The van der Waals surface area contributed by atoms with Crippen LogP contribution < -0.4 is 0 Å². The van der Waals surface area contributed by atoms with Gasteiger partial charge in [0, 0.05) is 40.9 Å². The molecule has 0 bridgehead atoms. The van der Waals surface area contributed by atoms with E-state index in [1.807, 2.05) is 0 Å². The van der Waals surface area contributed by atoms with E-state index in [4.69, 9.17) is 0 Å². The monoisotopic (exact) mass is 555 g/mol. The van der Waals surface area contributed by atoms with Crippen molar-refractivity contribution >= 4 is 29.6 Å². The van der Waals surface area contributed by atoms with E-state index < -0.39 is 35.8 Å². The molecule has 0 radical (unpaired) electrons. The molecule has 1 aliphatic rings. The molecular formula is C30H25N3O8. The second-order valence-corrected chi connectivity index (χ2v) is 9.07. The van der Waals surface area contributed by atoms with E-state index in [1.165, 1.54) is 48.2 Å². The van der Waals surface area contributed by atoms with Crippen molar-refractivity contribution in [2.24, 2.45) is 5.18 Å². The molecule has 4 rings (SSSR count). The molecule has 1 heterocycles. The maximum absolute atomic E-state index is 13.2. The summed E-state index contributed by atoms with van der Waals surface area (Å²) in [5.41, 5.74) is 2.14. The molecule has 3 aromatic carbocycles. The molecule has 0 fully saturated rings. The van der Waals surface area contributed by atoms with Crippen molar-refractivity contribution in [3.63, 3.8) is 0 Å². The molecule has 3 aromatic rings. The van der Waals surface area contributed by atoms with E-state index in [0.717, 1.165) is 4.90 Å². The van der Waals surface area contributed by atoms with Crippen molar-refractivity contribution in [2.75, 3.05) is 0 Å². The maximum Gasteiger partial charge on any atom is 0.335 e. The first-order chi connectivity index (χ1) is 19.5. The second-order valence-electron chi connectivity index (χ2n) is 9.07. The Morgan fingerprint density at radius 2 is 1.63 bits per heavy atom. The van der Waals surface area contributed by atoms with Crippen molar-refractivity contribution in [3.8, 4) is 12.8 Å². The number of aryl methyl sites for hydroxylation is 1. The fourth-order valence-electron chi connectivity index (χ4n) is 4.46. The Morgan fingerprint density at radius 1 is 0.976 bits per heavy atom. The zero-order valence-corrected chi connectivity index (χ0v) is 22.1. The molecule has 0 saturated carbocycles. The predicted molar refractivity (Wildman–Crippen MR) is 146 cm³/mol. The minimum absolute atomic E-state index is 0.00168. The van der Waals surface area contributed by atoms with Gasteiger partial charge in [0.05, 0.1) is 12.1 Å². The Bertz CT molecular complexity index is 1590. The summed E-state index contributed by atoms with van der Waals surface area (Å²) in [6, 6.07) is 14.8. The lowest BCUT2D eigenvalue weighted by Crippen LogP contribution is -2.35. The number of nitroso groups, excluding NO2 is 1. The first-order valence-corrected chi connectivity index (χ1v) is 12.1. The van der Waals surface area contributed by atoms with Gasteiger partial charge in [0.25, 0.3) is 11.8 Å². The van der Waals surface area contributed by atoms with Gasteiger partial charge in [0.2, 0.25) is 5.91 Å². The Balaban J connectivity index is 0.00000226. The SMILES string of the molecule is C#C.CC(=O)N(Cc1cccc(CN2C(=O)c3cc(C(=O)O)ccc3C2O)c1)C(=O)c1ccc(C(=O)N=O)cc1C. The highest BCUT2D eigenvalue weighted by molar-refractivity contribution is 6.06. The number of amides is 4. The molecule has 41 heavy (non-hydrogen) atoms. The Morgan fingerprint density at radius 3 is 2.24 bits per heavy atom. The van der Waals surface area contributed by atoms with Crippen LogP contribution in [0.4, 0.5) is 0 Å². The van der Waals surface area contributed by atoms with Crippen LogP contribution in [0.2, 0.25) is 0 Å². The number of carbonyl (C=O) groups is 5. The normalized spacial score (nSPS) is 13.4. The van der Waals surface area contributed by atoms with Gasteiger partial charge in [0.1, 0.15) is 0 Å². The number of hydrogen-bond donors (Lipinski definition) is 2. The van der Waals surface area contributed by atoms with Crippen molar-refractivity contribution in [3.05, 3.63) is 110 Å². The van der Waals surface area contributed by atoms with E-state index >= 15 is 0 Å². The number of nitrogens with zero attached hydrogens (tertiary/aromatic N) is 3. The summed E-state index contributed by atoms with van der Waals surface area (Å²) in [7, 11) is 0. The molecule has 1 aliphatic heterocycles. The first-order valence-electron chi connectivity index (χ1n) is 12.1. The molecule has 1 atom stereocenters. The topological polar surface area (TPSA) is 162 Å². The summed E-state index contributed by atoms with van der Waals surface area (Å²) in [6.07, 6.45) is 6.74. The second kappa shape index (κ2) is 12.6. The van der Waals surface area contributed by atoms with Crippen LogP contribution in [0.3, 0.4) is 0 Å². The van der Waals surface area contributed by atoms with Gasteiger partial charge in [-0.2, -0.15) is 0 Å². The van der Waals surface area contributed by atoms with Gasteiger partial charge < -0.3 is 15.1 Å². The van der Waals surface area contributed by atoms with E-state index in [-0.39, 0.29) is 35.3 Å². The molecule has 0 aromatic heterocycles. The summed E-state index contributed by atoms with van der Waals surface area (Å²) < 4.78 is 0. The average Bonchev–Trinajstić information content (AvgIpc) is 3.20. The Labute approximate surface area is 235 Å². The van der Waals surface area contributed by atoms with Crippen LogP contribution in [0.1, 0.15) is 76.8 Å². The number of aliphatic hydroxyl groups excluding tert-OH is 1. The van der Waals surface area contributed by atoms with Gasteiger partial charge in [-0.05, 0) is 53.9 Å². The number of terminal acetylenes is 1. The van der Waals surface area contributed by atoms with E-state index in [0.29, 0.717) is 22.3 Å². The number of aliphatic hydroxyl groups is 1. The van der Waals surface area contributed by atoms with Crippen LogP contribution in [0.5, 0.6) is 0 Å². The summed E-state index contributed by atoms with van der Waals surface area (Å²) in [5, 5.41) is 22.3. The highest BCUT2D eigenvalue weighted by Crippen LogP contribution is 2.33. The molecule has 2 N–H and O–H groups in total. The standard InChI is InChI=1S/C28H23N3O8.C2H2/c1-15-10-19(24(33)29-39)6-8-21(15)25(34)30(16(2)32)13-17-4-3-5-18(11-17)14-31-26(35)22-9-7-20(28(37)38)12-23(22)27(31)36;1-2/h3-12,26,35H,13-14H2,1-2H3,(H,37,38);1-2H. The van der Waals surface area contributed by atoms with E-state index in [2.05, 4.69) is 18.0 Å². The fraction of sp³-hybridized carbons (Fsp3) is 0.167. The fourth-order valence-corrected chi connectivity index (χ4v) is 4.46. The minimum Gasteiger partial charge on any atom is -0.478 e. The largest absolute Gasteiger partial charge is 0.478 e. The lowest BCUT2D eigenvalue weighted by atomic mass is 10.0. The third kappa shape index (κ3) is 6.24. The summed E-state index contributed by atoms with van der Waals surface area (Å²) >= 11 is 0. The minimum atomic E-state index is -1.26. The van der Waals surface area contributed by atoms with Gasteiger partial charge in [-0.15, -0.1) is 17.8 Å². The Kier molecular flexibility index (Phi) is 9.24. The van der Waals surface area contributed by atoms with Crippen molar-refractivity contribution < 1.29 is 34.2 Å². The van der Waals surface area contributed by atoms with Gasteiger partial charge in [0.15, 0.2) is 6.23 Å². The summed E-state index contributed by atoms with van der Waals surface area (Å²) in [5.74, 6) is -3.79. The zero-order valence-electron chi connectivity index (χ0n) is 22.1. The smallest absolute Gasteiger partial charge is 0.335 e. The number of aromatic carboxylic acids is 1. The number of fused-ring (bicyclic) bond motifs is 1. The molecule has 11 nitrogen and oxygen atoms in total. The third-order valence-corrected chi connectivity index (χ3v) is 6.46. The quantitative estimate of drug-likeness (QED) is 0.330. The van der Waals surface area contributed by atoms with Crippen LogP contribution in [0, 0.1) is 24.7 Å². The van der Waals surface area contributed by atoms with Crippen LogP contribution in [-0.2, 0) is 17.9 Å². The average molecular weight is 556 g/mol. The number of imide groups is 1. The van der Waals surface area contributed by atoms with Crippen LogP contribution in [0.15, 0.2) is 65.8 Å². The van der Waals surface area contributed by atoms with Crippen molar-refractivity contribution in [2.45, 2.75) is 33.2 Å². The summed E-state index contributed by atoms with van der Waals surface area (Å²) in [6.45, 7) is 2.73. The van der Waals surface area contributed by atoms with Crippen LogP contribution in [0.25, 0.3) is 0 Å². The molecule has 4 amide bonds. The number of rotatable bonds is 7. The Hall–Kier alpha value is -5.47. The number of carbonyl (C=O) groups excluding carboxylic acids is 4. The van der Waals surface area contributed by atoms with Gasteiger partial charge in [-0.1, -0.05) is 30.3 Å². The van der Waals surface area contributed by atoms with Crippen LogP contribution >= 0.6 is 0 Å². The first kappa shape index (κ1) is 30.1. The number of carboxylic acids is 1. The van der Waals surface area contributed by atoms with Crippen LogP contribution in [-0.4, -0.2) is 49.6 Å². The van der Waals surface area contributed by atoms with E-state index in [1.54, 1.807) is 31.2 Å². The summed E-state index contributed by atoms with van der Waals surface area (Å²) in [4.78, 5) is 74.1. The molecule has 0 spiro atoms. The highest BCUT2D eigenvalue weighted by Gasteiger charge is 2.36. The molecule has 0 aliphatic carbocycles. The van der Waals surface area contributed by atoms with Gasteiger partial charge >= 0.3 is 11.9 Å². The predicted octanol–water partition coefficient (Wildman–Crippen LogP) is 3.69. The lowest BCUT2D eigenvalue weighted by molar-refractivity contribution is -0.126. The van der Waals surface area contributed by atoms with Crippen molar-refractivity contribution in [1.29, 1.82) is 0 Å². The number of benzene rings is 3. The highest BCUT2D eigenvalue weighted by atomic mass is 16.4. The molecule has 11 heteroatoms. The number of carboxylic acid groups (broad SMARTS) is 1. The van der Waals surface area contributed by atoms with Gasteiger partial charge in [-0.25, -0.2) is 4.79 Å².